The van der Waals surface area contributed by atoms with Crippen molar-refractivity contribution >= 4 is 25.0 Å². The van der Waals surface area contributed by atoms with Crippen molar-refractivity contribution in [2.75, 3.05) is 6.61 Å². The number of aliphatic hydroxyl groups excluding tert-OH is 1. The highest BCUT2D eigenvalue weighted by atomic mass is 31.1. The van der Waals surface area contributed by atoms with Gasteiger partial charge in [-0.25, -0.2) is 18.7 Å². The van der Waals surface area contributed by atoms with E-state index < -0.39 is 32.4 Å². The van der Waals surface area contributed by atoms with Crippen LogP contribution < -0.4 is 5.30 Å². The summed E-state index contributed by atoms with van der Waals surface area (Å²) in [6.07, 6.45) is -0.933. The van der Waals surface area contributed by atoms with Gasteiger partial charge < -0.3 is 14.9 Å². The first-order chi connectivity index (χ1) is 12.9. The van der Waals surface area contributed by atoms with Crippen molar-refractivity contribution in [2.24, 2.45) is 0 Å². The molecule has 1 atom stereocenters. The number of hydrogen-bond donors (Lipinski definition) is 2. The van der Waals surface area contributed by atoms with E-state index in [2.05, 4.69) is 0 Å². The third kappa shape index (κ3) is 5.77. The van der Waals surface area contributed by atoms with Gasteiger partial charge in [0.25, 0.3) is 0 Å². The van der Waals surface area contributed by atoms with E-state index in [0.29, 0.717) is 11.1 Å². The molecule has 1 amide bonds. The molecule has 0 bridgehead atoms. The Kier molecular flexibility index (Phi) is 7.28. The Hall–Kier alpha value is -2.96. The minimum Gasteiger partial charge on any atom is -0.480 e. The second-order valence-corrected chi connectivity index (χ2v) is 6.66. The van der Waals surface area contributed by atoms with Crippen LogP contribution in [-0.2, 0) is 31.8 Å². The van der Waals surface area contributed by atoms with Gasteiger partial charge in [-0.15, -0.1) is 0 Å². The van der Waals surface area contributed by atoms with Crippen molar-refractivity contribution in [3.05, 3.63) is 65.7 Å². The van der Waals surface area contributed by atoms with Crippen LogP contribution in [0, 0.1) is 0 Å². The number of carbonyl (C=O) groups is 2. The lowest BCUT2D eigenvalue weighted by Crippen LogP contribution is -2.47. The number of carboxylic acids is 1. The smallest absolute Gasteiger partial charge is 0.411 e. The monoisotopic (exact) mass is 391 g/mol. The summed E-state index contributed by atoms with van der Waals surface area (Å²) in [4.78, 5) is 24.7. The lowest BCUT2D eigenvalue weighted by molar-refractivity contribution is -0.144. The zero-order chi connectivity index (χ0) is 19.8. The molecule has 8 nitrogen and oxygen atoms in total. The molecule has 2 aromatic carbocycles. The summed E-state index contributed by atoms with van der Waals surface area (Å²) in [5.74, 6) is -1.40. The fourth-order valence-electron chi connectivity index (χ4n) is 2.38. The molecule has 9 heteroatoms. The van der Waals surface area contributed by atoms with Crippen LogP contribution in [0.4, 0.5) is 4.79 Å². The molecule has 2 aromatic rings. The minimum atomic E-state index is -2.82. The Balaban J connectivity index is 2.21. The molecule has 0 saturated heterocycles. The van der Waals surface area contributed by atoms with Crippen LogP contribution in [0.3, 0.4) is 0 Å². The second kappa shape index (κ2) is 9.66. The third-order valence-electron chi connectivity index (χ3n) is 3.75. The first-order valence-corrected chi connectivity index (χ1v) is 9.14. The van der Waals surface area contributed by atoms with E-state index in [9.17, 15) is 28.9 Å². The molecule has 2 N–H and O–H groups in total. The quantitative estimate of drug-likeness (QED) is 0.661. The van der Waals surface area contributed by atoms with E-state index in [1.54, 1.807) is 36.4 Å². The topological polar surface area (TPSA) is 121 Å². The lowest BCUT2D eigenvalue weighted by Gasteiger charge is -2.27. The van der Waals surface area contributed by atoms with E-state index in [-0.39, 0.29) is 18.5 Å². The van der Waals surface area contributed by atoms with E-state index in [1.165, 1.54) is 18.2 Å². The van der Waals surface area contributed by atoms with Gasteiger partial charge in [0, 0.05) is 0 Å². The summed E-state index contributed by atoms with van der Waals surface area (Å²) in [5.41, 5.74) is 1.11. The minimum absolute atomic E-state index is 0.0379. The van der Waals surface area contributed by atoms with Gasteiger partial charge in [-0.3, -0.25) is 4.90 Å². The van der Waals surface area contributed by atoms with Crippen LogP contribution >= 0.6 is 7.68 Å². The van der Waals surface area contributed by atoms with Crippen LogP contribution in [0.5, 0.6) is 0 Å². The molecule has 0 aliphatic rings. The fourth-order valence-corrected chi connectivity index (χ4v) is 2.86. The predicted octanol–water partition coefficient (Wildman–Crippen LogP) is 2.07. The summed E-state index contributed by atoms with van der Waals surface area (Å²) >= 11 is 0. The molecule has 27 heavy (non-hydrogen) atoms. The van der Waals surface area contributed by atoms with Gasteiger partial charge in [0.05, 0.1) is 18.5 Å². The van der Waals surface area contributed by atoms with E-state index in [0.717, 1.165) is 4.90 Å². The molecule has 0 radical (unpaired) electrons. The zero-order valence-electron chi connectivity index (χ0n) is 14.2. The van der Waals surface area contributed by atoms with Gasteiger partial charge >= 0.3 is 19.7 Å². The number of nitrogens with zero attached hydrogens (tertiary/aromatic N) is 1. The van der Waals surface area contributed by atoms with Crippen LogP contribution in [0.25, 0.3) is 0 Å². The van der Waals surface area contributed by atoms with Crippen molar-refractivity contribution in [2.45, 2.75) is 19.2 Å². The summed E-state index contributed by atoms with van der Waals surface area (Å²) in [5, 5.41) is 18.7. The average Bonchev–Trinajstić information content (AvgIpc) is 2.66. The molecule has 0 aromatic heterocycles. The second-order valence-electron chi connectivity index (χ2n) is 5.63. The number of aliphatic hydroxyl groups is 1. The normalized spacial score (nSPS) is 11.4. The Morgan fingerprint density at radius 3 is 2.30 bits per heavy atom. The number of hydrogen-bond acceptors (Lipinski definition) is 6. The van der Waals surface area contributed by atoms with Crippen molar-refractivity contribution < 1.29 is 33.7 Å². The van der Waals surface area contributed by atoms with Crippen molar-refractivity contribution in [1.29, 1.82) is 0 Å². The molecule has 0 heterocycles. The maximum absolute atomic E-state index is 12.5. The molecule has 0 spiro atoms. The molecule has 0 aliphatic heterocycles. The number of rotatable bonds is 8. The Labute approximate surface area is 155 Å². The highest BCUT2D eigenvalue weighted by molar-refractivity contribution is 7.40. The van der Waals surface area contributed by atoms with Gasteiger partial charge in [-0.05, 0) is 23.3 Å². The van der Waals surface area contributed by atoms with E-state index >= 15 is 0 Å². The van der Waals surface area contributed by atoms with E-state index in [4.69, 9.17) is 4.74 Å². The van der Waals surface area contributed by atoms with Gasteiger partial charge in [-0.1, -0.05) is 42.5 Å². The zero-order valence-corrected chi connectivity index (χ0v) is 15.1. The molecular weight excluding hydrogens is 373 g/mol. The molecule has 0 unspecified atom stereocenters. The Bertz CT molecular complexity index is 859. The van der Waals surface area contributed by atoms with Gasteiger partial charge in [0.2, 0.25) is 0 Å². The number of carbonyl (C=O) groups excluding carboxylic acids is 1. The number of amides is 1. The molecule has 0 aliphatic carbocycles. The number of ether oxygens (including phenoxy) is 1. The number of carboxylic acid groups (broad SMARTS) is 1. The highest BCUT2D eigenvalue weighted by Gasteiger charge is 2.30. The highest BCUT2D eigenvalue weighted by Crippen LogP contribution is 2.14. The van der Waals surface area contributed by atoms with Crippen LogP contribution in [0.1, 0.15) is 11.1 Å². The maximum Gasteiger partial charge on any atom is 0.411 e. The SMILES string of the molecule is O=C(O)[C@H](CO)N(Cc1cccc(P(=O)=O)c1)C(=O)OCc1ccccc1. The average molecular weight is 391 g/mol. The van der Waals surface area contributed by atoms with Crippen molar-refractivity contribution in [3.8, 4) is 0 Å². The largest absolute Gasteiger partial charge is 0.480 e. The summed E-state index contributed by atoms with van der Waals surface area (Å²) < 4.78 is 27.4. The van der Waals surface area contributed by atoms with Crippen molar-refractivity contribution in [3.63, 3.8) is 0 Å². The maximum atomic E-state index is 12.5. The molecule has 0 fully saturated rings. The molecule has 142 valence electrons. The lowest BCUT2D eigenvalue weighted by atomic mass is 10.2. The summed E-state index contributed by atoms with van der Waals surface area (Å²) in [6, 6.07) is 13.0. The summed E-state index contributed by atoms with van der Waals surface area (Å²) in [7, 11) is -2.82. The first-order valence-electron chi connectivity index (χ1n) is 7.96. The third-order valence-corrected chi connectivity index (χ3v) is 4.45. The van der Waals surface area contributed by atoms with Gasteiger partial charge in [0.15, 0.2) is 6.04 Å². The molecule has 0 saturated carbocycles. The predicted molar refractivity (Wildman–Crippen MR) is 95.0 cm³/mol. The van der Waals surface area contributed by atoms with Gasteiger partial charge in [0.1, 0.15) is 6.61 Å². The Morgan fingerprint density at radius 1 is 1.04 bits per heavy atom. The standard InChI is InChI=1S/C18H18NO7P/c20-11-16(17(21)22)19(10-14-7-4-8-15(9-14)27(24)25)18(23)26-12-13-5-2-1-3-6-13/h1-9,16,20H,10-12H2,(H,21,22)/t16-/m0/s1. The van der Waals surface area contributed by atoms with E-state index in [1.807, 2.05) is 0 Å². The molecule has 2 rings (SSSR count). The number of aliphatic carboxylic acids is 1. The first kappa shape index (κ1) is 20.4. The van der Waals surface area contributed by atoms with Crippen LogP contribution in [0.15, 0.2) is 54.6 Å². The fraction of sp³-hybridized carbons (Fsp3) is 0.222. The number of benzene rings is 2. The molecular formula is C18H18NO7P. The Morgan fingerprint density at radius 2 is 1.70 bits per heavy atom. The van der Waals surface area contributed by atoms with Crippen LogP contribution in [-0.4, -0.2) is 39.8 Å². The van der Waals surface area contributed by atoms with Crippen LogP contribution in [0.2, 0.25) is 0 Å². The summed E-state index contributed by atoms with van der Waals surface area (Å²) in [6.45, 7) is -1.12. The van der Waals surface area contributed by atoms with Gasteiger partial charge in [-0.2, -0.15) is 0 Å². The van der Waals surface area contributed by atoms with Crippen molar-refractivity contribution in [1.82, 2.24) is 4.90 Å².